The van der Waals surface area contributed by atoms with Gasteiger partial charge < -0.3 is 20.4 Å². The molecule has 2 heterocycles. The van der Waals surface area contributed by atoms with E-state index in [1.807, 2.05) is 24.3 Å². The molecule has 1 aliphatic heterocycles. The Morgan fingerprint density at radius 2 is 2.30 bits per heavy atom. The van der Waals surface area contributed by atoms with E-state index in [0.29, 0.717) is 4.77 Å². The molecular formula is C14H16N4OS. The highest BCUT2D eigenvalue weighted by Gasteiger charge is 2.15. The largest absolute Gasteiger partial charge is 0.497 e. The van der Waals surface area contributed by atoms with Crippen LogP contribution in [-0.4, -0.2) is 23.6 Å². The van der Waals surface area contributed by atoms with Gasteiger partial charge in [0.15, 0.2) is 4.77 Å². The molecule has 0 saturated heterocycles. The number of nitrogens with zero attached hydrogens (tertiary/aromatic N) is 1. The van der Waals surface area contributed by atoms with Gasteiger partial charge in [-0.3, -0.25) is 0 Å². The van der Waals surface area contributed by atoms with E-state index in [1.54, 1.807) is 7.11 Å². The molecule has 3 N–H and O–H groups in total. The van der Waals surface area contributed by atoms with Crippen LogP contribution in [0.1, 0.15) is 11.3 Å². The summed E-state index contributed by atoms with van der Waals surface area (Å²) >= 11 is 5.20. The summed E-state index contributed by atoms with van der Waals surface area (Å²) in [5.41, 5.74) is 3.24. The fourth-order valence-corrected chi connectivity index (χ4v) is 2.53. The van der Waals surface area contributed by atoms with Gasteiger partial charge in [0.1, 0.15) is 11.6 Å². The van der Waals surface area contributed by atoms with Crippen LogP contribution in [0.2, 0.25) is 0 Å². The van der Waals surface area contributed by atoms with E-state index in [4.69, 9.17) is 17.0 Å². The first-order valence-corrected chi connectivity index (χ1v) is 6.91. The molecule has 0 saturated carbocycles. The molecule has 1 aliphatic rings. The minimum Gasteiger partial charge on any atom is -0.497 e. The molecule has 2 aromatic rings. The SMILES string of the molecule is COc1cccc(Nc2nc(=S)[nH]c3c2CNCC3)c1. The van der Waals surface area contributed by atoms with Gasteiger partial charge in [-0.25, -0.2) is 4.98 Å². The minimum atomic E-state index is 0.510. The first-order valence-electron chi connectivity index (χ1n) is 6.50. The first kappa shape index (κ1) is 13.1. The Hall–Kier alpha value is -1.92. The van der Waals surface area contributed by atoms with Gasteiger partial charge in [0.25, 0.3) is 0 Å². The molecule has 1 aromatic carbocycles. The van der Waals surface area contributed by atoms with Crippen LogP contribution in [0.5, 0.6) is 5.75 Å². The van der Waals surface area contributed by atoms with Crippen molar-refractivity contribution in [3.63, 3.8) is 0 Å². The third kappa shape index (κ3) is 2.66. The summed E-state index contributed by atoms with van der Waals surface area (Å²) in [5.74, 6) is 1.62. The summed E-state index contributed by atoms with van der Waals surface area (Å²) in [6, 6.07) is 7.76. The quantitative estimate of drug-likeness (QED) is 0.758. The number of aromatic amines is 1. The van der Waals surface area contributed by atoms with Crippen molar-refractivity contribution in [2.75, 3.05) is 19.0 Å². The summed E-state index contributed by atoms with van der Waals surface area (Å²) in [7, 11) is 1.65. The summed E-state index contributed by atoms with van der Waals surface area (Å²) < 4.78 is 5.74. The predicted octanol–water partition coefficient (Wildman–Crippen LogP) is 2.54. The van der Waals surface area contributed by atoms with E-state index in [0.717, 1.165) is 48.0 Å². The molecule has 1 aromatic heterocycles. The van der Waals surface area contributed by atoms with Gasteiger partial charge in [-0.1, -0.05) is 6.07 Å². The van der Waals surface area contributed by atoms with E-state index in [2.05, 4.69) is 20.6 Å². The van der Waals surface area contributed by atoms with Crippen LogP contribution in [0.3, 0.4) is 0 Å². The van der Waals surface area contributed by atoms with Crippen molar-refractivity contribution in [1.29, 1.82) is 0 Å². The Morgan fingerprint density at radius 3 is 3.15 bits per heavy atom. The Labute approximate surface area is 122 Å². The molecule has 0 unspecified atom stereocenters. The highest BCUT2D eigenvalue weighted by molar-refractivity contribution is 7.71. The second-order valence-corrected chi connectivity index (χ2v) is 5.02. The molecule has 6 heteroatoms. The molecule has 0 aliphatic carbocycles. The molecular weight excluding hydrogens is 272 g/mol. The normalized spacial score (nSPS) is 13.7. The number of aromatic nitrogens is 2. The molecule has 5 nitrogen and oxygen atoms in total. The number of methoxy groups -OCH3 is 1. The molecule has 104 valence electrons. The van der Waals surface area contributed by atoms with E-state index in [9.17, 15) is 0 Å². The number of hydrogen-bond acceptors (Lipinski definition) is 5. The third-order valence-electron chi connectivity index (χ3n) is 3.31. The molecule has 0 spiro atoms. The van der Waals surface area contributed by atoms with Gasteiger partial charge >= 0.3 is 0 Å². The van der Waals surface area contributed by atoms with Crippen molar-refractivity contribution < 1.29 is 4.74 Å². The number of anilines is 2. The standard InChI is InChI=1S/C14H16N4OS/c1-19-10-4-2-3-9(7-10)16-13-11-8-15-6-5-12(11)17-14(20)18-13/h2-4,7,15H,5-6,8H2,1H3,(H2,16,17,18,20). The summed E-state index contributed by atoms with van der Waals surface area (Å²) in [4.78, 5) is 7.58. The Bertz CT molecular complexity index is 683. The monoisotopic (exact) mass is 288 g/mol. The van der Waals surface area contributed by atoms with Crippen LogP contribution in [0.25, 0.3) is 0 Å². The molecule has 0 radical (unpaired) electrons. The topological polar surface area (TPSA) is 62.0 Å². The Balaban J connectivity index is 1.97. The second kappa shape index (κ2) is 5.60. The van der Waals surface area contributed by atoms with E-state index >= 15 is 0 Å². The first-order chi connectivity index (χ1) is 9.76. The van der Waals surface area contributed by atoms with Gasteiger partial charge in [-0.15, -0.1) is 0 Å². The lowest BCUT2D eigenvalue weighted by atomic mass is 10.1. The van der Waals surface area contributed by atoms with Crippen molar-refractivity contribution in [3.05, 3.63) is 40.3 Å². The lowest BCUT2D eigenvalue weighted by Gasteiger charge is -2.20. The summed E-state index contributed by atoms with van der Waals surface area (Å²) in [5, 5.41) is 6.68. The highest BCUT2D eigenvalue weighted by atomic mass is 32.1. The molecule has 0 fully saturated rings. The smallest absolute Gasteiger partial charge is 0.198 e. The van der Waals surface area contributed by atoms with Crippen molar-refractivity contribution in [3.8, 4) is 5.75 Å². The van der Waals surface area contributed by atoms with Crippen molar-refractivity contribution in [1.82, 2.24) is 15.3 Å². The lowest BCUT2D eigenvalue weighted by molar-refractivity contribution is 0.415. The highest BCUT2D eigenvalue weighted by Crippen LogP contribution is 2.25. The second-order valence-electron chi connectivity index (χ2n) is 4.63. The van der Waals surface area contributed by atoms with Crippen molar-refractivity contribution >= 4 is 23.7 Å². The van der Waals surface area contributed by atoms with Crippen LogP contribution in [0, 0.1) is 4.77 Å². The van der Waals surface area contributed by atoms with Crippen molar-refractivity contribution in [2.45, 2.75) is 13.0 Å². The Morgan fingerprint density at radius 1 is 1.40 bits per heavy atom. The zero-order chi connectivity index (χ0) is 13.9. The summed E-state index contributed by atoms with van der Waals surface area (Å²) in [6.07, 6.45) is 0.939. The number of benzene rings is 1. The number of nitrogens with one attached hydrogen (secondary N) is 3. The van der Waals surface area contributed by atoms with Gasteiger partial charge in [-0.05, 0) is 24.4 Å². The van der Waals surface area contributed by atoms with E-state index in [-0.39, 0.29) is 0 Å². The molecule has 0 amide bonds. The lowest BCUT2D eigenvalue weighted by Crippen LogP contribution is -2.26. The number of hydrogen-bond donors (Lipinski definition) is 3. The van der Waals surface area contributed by atoms with Crippen molar-refractivity contribution in [2.24, 2.45) is 0 Å². The van der Waals surface area contributed by atoms with Crippen LogP contribution < -0.4 is 15.4 Å². The maximum absolute atomic E-state index is 5.23. The predicted molar refractivity (Wildman–Crippen MR) is 81.1 cm³/mol. The average Bonchev–Trinajstić information content (AvgIpc) is 2.47. The van der Waals surface area contributed by atoms with Crippen LogP contribution in [0.15, 0.2) is 24.3 Å². The zero-order valence-electron chi connectivity index (χ0n) is 11.2. The summed E-state index contributed by atoms with van der Waals surface area (Å²) in [6.45, 7) is 1.75. The van der Waals surface area contributed by atoms with E-state index in [1.165, 1.54) is 0 Å². The fourth-order valence-electron chi connectivity index (χ4n) is 2.32. The minimum absolute atomic E-state index is 0.510. The number of ether oxygens (including phenoxy) is 1. The molecule has 0 atom stereocenters. The molecule has 3 rings (SSSR count). The average molecular weight is 288 g/mol. The van der Waals surface area contributed by atoms with Gasteiger partial charge in [0, 0.05) is 42.5 Å². The molecule has 0 bridgehead atoms. The van der Waals surface area contributed by atoms with Crippen LogP contribution >= 0.6 is 12.2 Å². The van der Waals surface area contributed by atoms with Gasteiger partial charge in [-0.2, -0.15) is 0 Å². The fraction of sp³-hybridized carbons (Fsp3) is 0.286. The Kier molecular flexibility index (Phi) is 3.66. The zero-order valence-corrected chi connectivity index (χ0v) is 12.0. The van der Waals surface area contributed by atoms with Gasteiger partial charge in [0.2, 0.25) is 0 Å². The van der Waals surface area contributed by atoms with E-state index < -0.39 is 0 Å². The molecule has 20 heavy (non-hydrogen) atoms. The van der Waals surface area contributed by atoms with Crippen LogP contribution in [0.4, 0.5) is 11.5 Å². The maximum Gasteiger partial charge on any atom is 0.198 e. The number of rotatable bonds is 3. The number of fused-ring (bicyclic) bond motifs is 1. The maximum atomic E-state index is 5.23. The van der Waals surface area contributed by atoms with Crippen LogP contribution in [-0.2, 0) is 13.0 Å². The third-order valence-corrected chi connectivity index (χ3v) is 3.50. The number of H-pyrrole nitrogens is 1. The van der Waals surface area contributed by atoms with Gasteiger partial charge in [0.05, 0.1) is 7.11 Å².